The van der Waals surface area contributed by atoms with Crippen LogP contribution in [-0.4, -0.2) is 5.91 Å². The van der Waals surface area contributed by atoms with Crippen molar-refractivity contribution in [3.63, 3.8) is 0 Å². The van der Waals surface area contributed by atoms with E-state index in [0.717, 1.165) is 17.7 Å². The van der Waals surface area contributed by atoms with Crippen LogP contribution in [0.5, 0.6) is 0 Å². The van der Waals surface area contributed by atoms with Crippen LogP contribution in [0.4, 0.5) is 5.69 Å². The van der Waals surface area contributed by atoms with E-state index in [2.05, 4.69) is 29.6 Å². The molecule has 1 fully saturated rings. The summed E-state index contributed by atoms with van der Waals surface area (Å²) in [5.74, 6) is 0.326. The lowest BCUT2D eigenvalue weighted by atomic mass is 9.99. The van der Waals surface area contributed by atoms with Crippen LogP contribution < -0.4 is 11.1 Å². The van der Waals surface area contributed by atoms with Gasteiger partial charge in [-0.1, -0.05) is 72.8 Å². The zero-order chi connectivity index (χ0) is 18.0. The van der Waals surface area contributed by atoms with Crippen molar-refractivity contribution in [3.05, 3.63) is 102 Å². The van der Waals surface area contributed by atoms with Crippen molar-refractivity contribution in [3.8, 4) is 0 Å². The number of benzene rings is 3. The molecule has 3 aromatic rings. The summed E-state index contributed by atoms with van der Waals surface area (Å²) in [6.45, 7) is 0. The summed E-state index contributed by atoms with van der Waals surface area (Å²) in [7, 11) is 0. The summed E-state index contributed by atoms with van der Waals surface area (Å²) >= 11 is 0. The summed E-state index contributed by atoms with van der Waals surface area (Å²) in [6.07, 6.45) is 1.34. The lowest BCUT2D eigenvalue weighted by molar-refractivity contribution is -0.115. The van der Waals surface area contributed by atoms with Crippen molar-refractivity contribution >= 4 is 11.6 Å². The number of nitrogens with two attached hydrogens (primary N) is 1. The second-order valence-corrected chi connectivity index (χ2v) is 7.00. The highest BCUT2D eigenvalue weighted by atomic mass is 16.1. The van der Waals surface area contributed by atoms with E-state index in [1.807, 2.05) is 60.7 Å². The van der Waals surface area contributed by atoms with Crippen molar-refractivity contribution in [2.45, 2.75) is 24.3 Å². The van der Waals surface area contributed by atoms with Crippen LogP contribution >= 0.6 is 0 Å². The first-order valence-corrected chi connectivity index (χ1v) is 8.93. The number of amides is 1. The van der Waals surface area contributed by atoms with Crippen molar-refractivity contribution < 1.29 is 4.79 Å². The molecule has 3 aromatic carbocycles. The van der Waals surface area contributed by atoms with Gasteiger partial charge in [-0.25, -0.2) is 0 Å². The van der Waals surface area contributed by atoms with Gasteiger partial charge >= 0.3 is 0 Å². The minimum atomic E-state index is -0.265. The van der Waals surface area contributed by atoms with Crippen LogP contribution in [0.2, 0.25) is 0 Å². The zero-order valence-electron chi connectivity index (χ0n) is 14.6. The Kier molecular flexibility index (Phi) is 4.31. The molecule has 3 nitrogen and oxygen atoms in total. The first kappa shape index (κ1) is 16.6. The summed E-state index contributed by atoms with van der Waals surface area (Å²) < 4.78 is 0. The van der Waals surface area contributed by atoms with Gasteiger partial charge in [0, 0.05) is 17.1 Å². The van der Waals surface area contributed by atoms with E-state index in [1.165, 1.54) is 11.1 Å². The Morgan fingerprint density at radius 3 is 2.19 bits per heavy atom. The highest BCUT2D eigenvalue weighted by Crippen LogP contribution is 2.56. The largest absolute Gasteiger partial charge is 0.326 e. The van der Waals surface area contributed by atoms with Gasteiger partial charge in [-0.3, -0.25) is 4.79 Å². The first-order valence-electron chi connectivity index (χ1n) is 8.93. The second-order valence-electron chi connectivity index (χ2n) is 7.00. The highest BCUT2D eigenvalue weighted by molar-refractivity contribution is 5.92. The van der Waals surface area contributed by atoms with Crippen LogP contribution in [0.25, 0.3) is 0 Å². The lowest BCUT2D eigenvalue weighted by Gasteiger charge is -2.12. The SMILES string of the molecule is N[C@]1(c2ccccc2)C[C@H]1c1ccc(NC(=O)Cc2ccccc2)cc1. The third-order valence-electron chi connectivity index (χ3n) is 5.12. The molecule has 1 aliphatic rings. The molecule has 0 aliphatic heterocycles. The van der Waals surface area contributed by atoms with Crippen molar-refractivity contribution in [1.29, 1.82) is 0 Å². The third-order valence-corrected chi connectivity index (χ3v) is 5.12. The van der Waals surface area contributed by atoms with E-state index < -0.39 is 0 Å². The molecule has 130 valence electrons. The highest BCUT2D eigenvalue weighted by Gasteiger charge is 2.52. The van der Waals surface area contributed by atoms with E-state index in [9.17, 15) is 4.79 Å². The Hall–Kier alpha value is -2.91. The summed E-state index contributed by atoms with van der Waals surface area (Å²) in [4.78, 5) is 12.2. The minimum absolute atomic E-state index is 0.00664. The average molecular weight is 342 g/mol. The molecule has 0 bridgehead atoms. The molecule has 0 spiro atoms. The molecule has 3 N–H and O–H groups in total. The molecule has 1 saturated carbocycles. The van der Waals surface area contributed by atoms with E-state index in [-0.39, 0.29) is 11.4 Å². The number of carbonyl (C=O) groups excluding carboxylic acids is 1. The van der Waals surface area contributed by atoms with Crippen molar-refractivity contribution in [2.75, 3.05) is 5.32 Å². The lowest BCUT2D eigenvalue weighted by Crippen LogP contribution is -2.21. The minimum Gasteiger partial charge on any atom is -0.326 e. The molecule has 1 amide bonds. The van der Waals surface area contributed by atoms with Gasteiger partial charge < -0.3 is 11.1 Å². The van der Waals surface area contributed by atoms with Gasteiger partial charge in [-0.15, -0.1) is 0 Å². The number of anilines is 1. The Morgan fingerprint density at radius 1 is 0.923 bits per heavy atom. The standard InChI is InChI=1S/C23H22N2O/c24-23(19-9-5-2-6-10-19)16-21(23)18-11-13-20(14-12-18)25-22(26)15-17-7-3-1-4-8-17/h1-14,21H,15-16,24H2,(H,25,26)/t21-,23-/m0/s1. The summed E-state index contributed by atoms with van der Waals surface area (Å²) in [6, 6.07) is 28.1. The van der Waals surface area contributed by atoms with Gasteiger partial charge in [0.2, 0.25) is 5.91 Å². The van der Waals surface area contributed by atoms with E-state index in [4.69, 9.17) is 5.73 Å². The maximum Gasteiger partial charge on any atom is 0.228 e. The van der Waals surface area contributed by atoms with Crippen LogP contribution in [-0.2, 0) is 16.8 Å². The smallest absolute Gasteiger partial charge is 0.228 e. The Labute approximate surface area is 153 Å². The first-order chi connectivity index (χ1) is 12.6. The molecule has 3 heteroatoms. The Morgan fingerprint density at radius 2 is 1.54 bits per heavy atom. The maximum absolute atomic E-state index is 12.2. The fraction of sp³-hybridized carbons (Fsp3) is 0.174. The number of carbonyl (C=O) groups is 1. The predicted molar refractivity (Wildman–Crippen MR) is 105 cm³/mol. The maximum atomic E-state index is 12.2. The molecule has 4 rings (SSSR count). The van der Waals surface area contributed by atoms with Gasteiger partial charge in [-0.2, -0.15) is 0 Å². The number of rotatable bonds is 5. The average Bonchev–Trinajstić information content (AvgIpc) is 3.37. The topological polar surface area (TPSA) is 55.1 Å². The monoisotopic (exact) mass is 342 g/mol. The van der Waals surface area contributed by atoms with Crippen molar-refractivity contribution in [1.82, 2.24) is 0 Å². The molecular weight excluding hydrogens is 320 g/mol. The third kappa shape index (κ3) is 3.39. The number of hydrogen-bond acceptors (Lipinski definition) is 2. The summed E-state index contributed by atoms with van der Waals surface area (Å²) in [5, 5.41) is 2.96. The summed E-state index contributed by atoms with van der Waals surface area (Å²) in [5.41, 5.74) is 10.5. The van der Waals surface area contributed by atoms with Gasteiger partial charge in [-0.05, 0) is 35.2 Å². The zero-order valence-corrected chi connectivity index (χ0v) is 14.6. The molecule has 1 aliphatic carbocycles. The van der Waals surface area contributed by atoms with Crippen LogP contribution in [0.1, 0.15) is 29.0 Å². The fourth-order valence-electron chi connectivity index (χ4n) is 3.55. The van der Waals surface area contributed by atoms with Crippen LogP contribution in [0, 0.1) is 0 Å². The molecule has 0 aromatic heterocycles. The Balaban J connectivity index is 1.39. The predicted octanol–water partition coefficient (Wildman–Crippen LogP) is 4.21. The van der Waals surface area contributed by atoms with Crippen LogP contribution in [0.3, 0.4) is 0 Å². The van der Waals surface area contributed by atoms with E-state index in [1.54, 1.807) is 0 Å². The fourth-order valence-corrected chi connectivity index (χ4v) is 3.55. The van der Waals surface area contributed by atoms with E-state index >= 15 is 0 Å². The van der Waals surface area contributed by atoms with Crippen LogP contribution in [0.15, 0.2) is 84.9 Å². The molecule has 0 saturated heterocycles. The molecule has 26 heavy (non-hydrogen) atoms. The quantitative estimate of drug-likeness (QED) is 0.730. The normalized spacial score (nSPS) is 21.2. The molecule has 2 atom stereocenters. The molecule has 0 heterocycles. The van der Waals surface area contributed by atoms with Crippen molar-refractivity contribution in [2.24, 2.45) is 5.73 Å². The van der Waals surface area contributed by atoms with Gasteiger partial charge in [0.15, 0.2) is 0 Å². The molecule has 0 unspecified atom stereocenters. The van der Waals surface area contributed by atoms with E-state index in [0.29, 0.717) is 12.3 Å². The number of nitrogens with one attached hydrogen (secondary N) is 1. The second kappa shape index (κ2) is 6.77. The van der Waals surface area contributed by atoms with Gasteiger partial charge in [0.05, 0.1) is 6.42 Å². The van der Waals surface area contributed by atoms with Gasteiger partial charge in [0.1, 0.15) is 0 Å². The number of hydrogen-bond donors (Lipinski definition) is 2. The Bertz CT molecular complexity index is 891. The molecular formula is C23H22N2O. The van der Waals surface area contributed by atoms with Gasteiger partial charge in [0.25, 0.3) is 0 Å². The molecule has 0 radical (unpaired) electrons.